The fourth-order valence-electron chi connectivity index (χ4n) is 1.24. The van der Waals surface area contributed by atoms with E-state index in [1.807, 2.05) is 13.8 Å². The normalized spacial score (nSPS) is 10.8. The number of H-pyrrole nitrogens is 1. The number of carboxylic acid groups (broad SMARTS) is 1. The molecule has 0 aromatic carbocycles. The molecule has 0 aliphatic heterocycles. The summed E-state index contributed by atoms with van der Waals surface area (Å²) in [6, 6.07) is 1.33. The Labute approximate surface area is 81.3 Å². The van der Waals surface area contributed by atoms with Gasteiger partial charge < -0.3 is 5.11 Å². The van der Waals surface area contributed by atoms with Crippen LogP contribution in [0.25, 0.3) is 0 Å². The van der Waals surface area contributed by atoms with Crippen molar-refractivity contribution in [1.82, 2.24) is 9.78 Å². The zero-order valence-corrected chi connectivity index (χ0v) is 8.28. The van der Waals surface area contributed by atoms with E-state index in [0.717, 1.165) is 0 Å². The first-order valence-electron chi connectivity index (χ1n) is 4.49. The lowest BCUT2D eigenvalue weighted by molar-refractivity contribution is -0.136. The maximum Gasteiger partial charge on any atom is 0.309 e. The van der Waals surface area contributed by atoms with Crippen molar-refractivity contribution in [3.8, 4) is 0 Å². The Morgan fingerprint density at radius 1 is 1.64 bits per heavy atom. The van der Waals surface area contributed by atoms with Crippen molar-refractivity contribution in [2.75, 3.05) is 0 Å². The molecule has 1 aromatic heterocycles. The number of hydrogen-bond donors (Lipinski definition) is 2. The Morgan fingerprint density at radius 2 is 2.29 bits per heavy atom. The smallest absolute Gasteiger partial charge is 0.309 e. The molecule has 0 unspecified atom stereocenters. The summed E-state index contributed by atoms with van der Waals surface area (Å²) in [6.45, 7) is 4.56. The van der Waals surface area contributed by atoms with Crippen LogP contribution in [0.3, 0.4) is 0 Å². The minimum absolute atomic E-state index is 0.139. The molecular weight excluding hydrogens is 184 g/mol. The van der Waals surface area contributed by atoms with Crippen molar-refractivity contribution in [2.45, 2.75) is 26.8 Å². The predicted molar refractivity (Wildman–Crippen MR) is 51.2 cm³/mol. The molecule has 2 N–H and O–H groups in total. The van der Waals surface area contributed by atoms with Crippen molar-refractivity contribution >= 4 is 5.97 Å². The molecule has 5 nitrogen and oxygen atoms in total. The van der Waals surface area contributed by atoms with Crippen LogP contribution in [-0.2, 0) is 17.8 Å². The number of rotatable bonds is 4. The summed E-state index contributed by atoms with van der Waals surface area (Å²) in [4.78, 5) is 21.7. The molecule has 0 radical (unpaired) electrons. The topological polar surface area (TPSA) is 75.1 Å². The van der Waals surface area contributed by atoms with E-state index in [1.165, 1.54) is 10.7 Å². The molecule has 0 bridgehead atoms. The first kappa shape index (κ1) is 10.6. The van der Waals surface area contributed by atoms with E-state index in [9.17, 15) is 9.59 Å². The summed E-state index contributed by atoms with van der Waals surface area (Å²) < 4.78 is 1.43. The number of carboxylic acids is 1. The van der Waals surface area contributed by atoms with Crippen LogP contribution in [-0.4, -0.2) is 20.9 Å². The standard InChI is InChI=1S/C9H14N2O3/c1-6(2)5-11-8(12)3-7(10-11)4-9(13)14/h3,6,10H,4-5H2,1-2H3,(H,13,14). The van der Waals surface area contributed by atoms with Crippen LogP contribution in [0.5, 0.6) is 0 Å². The third-order valence-electron chi connectivity index (χ3n) is 1.73. The zero-order valence-electron chi connectivity index (χ0n) is 8.28. The summed E-state index contributed by atoms with van der Waals surface area (Å²) in [7, 11) is 0. The van der Waals surface area contributed by atoms with Crippen LogP contribution < -0.4 is 5.56 Å². The van der Waals surface area contributed by atoms with Gasteiger partial charge in [0.15, 0.2) is 0 Å². The summed E-state index contributed by atoms with van der Waals surface area (Å²) in [6.07, 6.45) is -0.139. The van der Waals surface area contributed by atoms with Gasteiger partial charge in [0, 0.05) is 18.3 Å². The molecule has 1 rings (SSSR count). The molecule has 1 aromatic rings. The van der Waals surface area contributed by atoms with Crippen molar-refractivity contribution in [3.63, 3.8) is 0 Å². The molecule has 0 saturated carbocycles. The fourth-order valence-corrected chi connectivity index (χ4v) is 1.24. The number of aromatic nitrogens is 2. The molecule has 5 heteroatoms. The SMILES string of the molecule is CC(C)Cn1[nH]c(CC(=O)O)cc1=O. The van der Waals surface area contributed by atoms with Gasteiger partial charge in [-0.1, -0.05) is 13.8 Å². The van der Waals surface area contributed by atoms with Gasteiger partial charge in [-0.25, -0.2) is 0 Å². The Balaban J connectivity index is 2.82. The Morgan fingerprint density at radius 3 is 2.79 bits per heavy atom. The average Bonchev–Trinajstić information content (AvgIpc) is 2.28. The van der Waals surface area contributed by atoms with Gasteiger partial charge >= 0.3 is 5.97 Å². The molecular formula is C9H14N2O3. The van der Waals surface area contributed by atoms with Crippen LogP contribution in [0.4, 0.5) is 0 Å². The van der Waals surface area contributed by atoms with Crippen molar-refractivity contribution in [2.24, 2.45) is 5.92 Å². The average molecular weight is 198 g/mol. The second-order valence-corrected chi connectivity index (χ2v) is 3.69. The van der Waals surface area contributed by atoms with E-state index in [4.69, 9.17) is 5.11 Å². The van der Waals surface area contributed by atoms with Gasteiger partial charge in [-0.05, 0) is 5.92 Å². The second-order valence-electron chi connectivity index (χ2n) is 3.69. The highest BCUT2D eigenvalue weighted by atomic mass is 16.4. The second kappa shape index (κ2) is 4.13. The van der Waals surface area contributed by atoms with Gasteiger partial charge in [-0.15, -0.1) is 0 Å². The molecule has 0 aliphatic rings. The lowest BCUT2D eigenvalue weighted by Crippen LogP contribution is -2.18. The largest absolute Gasteiger partial charge is 0.481 e. The molecule has 0 fully saturated rings. The third-order valence-corrected chi connectivity index (χ3v) is 1.73. The first-order valence-corrected chi connectivity index (χ1v) is 4.49. The fraction of sp³-hybridized carbons (Fsp3) is 0.556. The van der Waals surface area contributed by atoms with Crippen molar-refractivity contribution in [1.29, 1.82) is 0 Å². The molecule has 0 saturated heterocycles. The molecule has 0 amide bonds. The Hall–Kier alpha value is -1.52. The monoisotopic (exact) mass is 198 g/mol. The highest BCUT2D eigenvalue weighted by Crippen LogP contribution is 1.97. The predicted octanol–water partition coefficient (Wildman–Crippen LogP) is 0.460. The van der Waals surface area contributed by atoms with Crippen molar-refractivity contribution < 1.29 is 9.90 Å². The van der Waals surface area contributed by atoms with Crippen LogP contribution in [0.15, 0.2) is 10.9 Å². The van der Waals surface area contributed by atoms with Crippen LogP contribution >= 0.6 is 0 Å². The maximum absolute atomic E-state index is 11.3. The third kappa shape index (κ3) is 2.76. The van der Waals surface area contributed by atoms with E-state index < -0.39 is 5.97 Å². The Kier molecular flexibility index (Phi) is 3.11. The van der Waals surface area contributed by atoms with Gasteiger partial charge in [-0.3, -0.25) is 19.4 Å². The van der Waals surface area contributed by atoms with Gasteiger partial charge in [0.25, 0.3) is 5.56 Å². The van der Waals surface area contributed by atoms with E-state index in [1.54, 1.807) is 0 Å². The lowest BCUT2D eigenvalue weighted by Gasteiger charge is -2.04. The summed E-state index contributed by atoms with van der Waals surface area (Å²) in [5.41, 5.74) is 0.276. The number of hydrogen-bond acceptors (Lipinski definition) is 2. The van der Waals surface area contributed by atoms with Gasteiger partial charge in [0.2, 0.25) is 0 Å². The quantitative estimate of drug-likeness (QED) is 0.738. The van der Waals surface area contributed by atoms with Crippen LogP contribution in [0, 0.1) is 5.92 Å². The molecule has 0 atom stereocenters. The molecule has 14 heavy (non-hydrogen) atoms. The molecule has 0 spiro atoms. The zero-order chi connectivity index (χ0) is 10.7. The van der Waals surface area contributed by atoms with Gasteiger partial charge in [0.05, 0.1) is 6.42 Å². The van der Waals surface area contributed by atoms with E-state index >= 15 is 0 Å². The Bertz CT molecular complexity index is 376. The number of carbonyl (C=O) groups is 1. The van der Waals surface area contributed by atoms with Gasteiger partial charge in [-0.2, -0.15) is 0 Å². The lowest BCUT2D eigenvalue weighted by atomic mass is 10.2. The van der Waals surface area contributed by atoms with Gasteiger partial charge in [0.1, 0.15) is 0 Å². The molecule has 78 valence electrons. The number of nitrogens with one attached hydrogen (secondary N) is 1. The maximum atomic E-state index is 11.3. The minimum Gasteiger partial charge on any atom is -0.481 e. The molecule has 0 aliphatic carbocycles. The highest BCUT2D eigenvalue weighted by Gasteiger charge is 2.07. The van der Waals surface area contributed by atoms with E-state index in [-0.39, 0.29) is 12.0 Å². The summed E-state index contributed by atoms with van der Waals surface area (Å²) in [5.74, 6) is -0.591. The first-order chi connectivity index (χ1) is 6.49. The van der Waals surface area contributed by atoms with Crippen LogP contribution in [0.1, 0.15) is 19.5 Å². The van der Waals surface area contributed by atoms with Crippen LogP contribution in [0.2, 0.25) is 0 Å². The number of nitrogens with zero attached hydrogens (tertiary/aromatic N) is 1. The van der Waals surface area contributed by atoms with E-state index in [0.29, 0.717) is 18.2 Å². The molecule has 1 heterocycles. The highest BCUT2D eigenvalue weighted by molar-refractivity contribution is 5.69. The van der Waals surface area contributed by atoms with Crippen molar-refractivity contribution in [3.05, 3.63) is 22.1 Å². The summed E-state index contributed by atoms with van der Waals surface area (Å²) in [5, 5.41) is 11.3. The van der Waals surface area contributed by atoms with E-state index in [2.05, 4.69) is 5.10 Å². The number of aliphatic carboxylic acids is 1. The number of aromatic amines is 1. The summed E-state index contributed by atoms with van der Waals surface area (Å²) >= 11 is 0. The minimum atomic E-state index is -0.942.